The minimum absolute atomic E-state index is 0.269. The van der Waals surface area contributed by atoms with Crippen LogP contribution >= 0.6 is 11.3 Å². The van der Waals surface area contributed by atoms with Crippen LogP contribution in [0.4, 0.5) is 5.82 Å². The zero-order valence-corrected chi connectivity index (χ0v) is 14.6. The van der Waals surface area contributed by atoms with Crippen LogP contribution in [0.5, 0.6) is 0 Å². The lowest BCUT2D eigenvalue weighted by Crippen LogP contribution is -2.29. The highest BCUT2D eigenvalue weighted by Crippen LogP contribution is 2.36. The number of aryl methyl sites for hydroxylation is 2. The first kappa shape index (κ1) is 16.1. The lowest BCUT2D eigenvalue weighted by atomic mass is 10.2. The van der Waals surface area contributed by atoms with E-state index in [0.29, 0.717) is 11.5 Å². The summed E-state index contributed by atoms with van der Waals surface area (Å²) in [6, 6.07) is 0. The second-order valence-corrected chi connectivity index (χ2v) is 6.64. The van der Waals surface area contributed by atoms with Crippen LogP contribution in [0.2, 0.25) is 0 Å². The number of anilines is 1. The number of hydrogen-bond donors (Lipinski definition) is 1. The van der Waals surface area contributed by atoms with Gasteiger partial charge in [-0.15, -0.1) is 11.3 Å². The summed E-state index contributed by atoms with van der Waals surface area (Å²) < 4.78 is 5.17. The smallest absolute Gasteiger partial charge is 0.348 e. The highest BCUT2D eigenvalue weighted by Gasteiger charge is 2.23. The van der Waals surface area contributed by atoms with Gasteiger partial charge in [-0.3, -0.25) is 0 Å². The molecule has 124 valence electrons. The number of esters is 1. The fraction of sp³-hybridized carbons (Fsp3) is 0.562. The van der Waals surface area contributed by atoms with Gasteiger partial charge in [-0.2, -0.15) is 0 Å². The van der Waals surface area contributed by atoms with E-state index in [2.05, 4.69) is 20.2 Å². The van der Waals surface area contributed by atoms with Crippen molar-refractivity contribution >= 4 is 33.3 Å². The zero-order valence-electron chi connectivity index (χ0n) is 13.8. The molecule has 1 N–H and O–H groups in total. The van der Waals surface area contributed by atoms with E-state index in [4.69, 9.17) is 4.74 Å². The van der Waals surface area contributed by atoms with Crippen molar-refractivity contribution in [2.45, 2.75) is 27.2 Å². The lowest BCUT2D eigenvalue weighted by molar-refractivity contribution is 0.0531. The molecule has 23 heavy (non-hydrogen) atoms. The quantitative estimate of drug-likeness (QED) is 0.869. The van der Waals surface area contributed by atoms with Crippen LogP contribution in [0.15, 0.2) is 0 Å². The normalized spacial score (nSPS) is 15.7. The molecule has 0 amide bonds. The molecule has 2 aromatic rings. The average molecular weight is 334 g/mol. The summed E-state index contributed by atoms with van der Waals surface area (Å²) in [5.74, 6) is 1.41. The van der Waals surface area contributed by atoms with Crippen molar-refractivity contribution in [3.63, 3.8) is 0 Å². The van der Waals surface area contributed by atoms with Gasteiger partial charge in [0.05, 0.1) is 12.0 Å². The summed E-state index contributed by atoms with van der Waals surface area (Å²) >= 11 is 1.40. The molecule has 3 rings (SSSR count). The number of nitrogens with one attached hydrogen (secondary N) is 1. The van der Waals surface area contributed by atoms with Gasteiger partial charge in [0.2, 0.25) is 0 Å². The monoisotopic (exact) mass is 334 g/mol. The largest absolute Gasteiger partial charge is 0.462 e. The average Bonchev–Trinajstić information content (AvgIpc) is 2.71. The molecule has 0 aromatic carbocycles. The Labute approximate surface area is 139 Å². The first-order chi connectivity index (χ1) is 11.1. The van der Waals surface area contributed by atoms with Crippen molar-refractivity contribution in [3.05, 3.63) is 16.3 Å². The number of carbonyl (C=O) groups excluding carboxylic acids is 1. The molecule has 0 spiro atoms. The molecule has 0 unspecified atom stereocenters. The number of thiophene rings is 1. The maximum atomic E-state index is 12.2. The zero-order chi connectivity index (χ0) is 16.4. The number of ether oxygens (including phenoxy) is 1. The molecular weight excluding hydrogens is 312 g/mol. The molecule has 0 aliphatic carbocycles. The van der Waals surface area contributed by atoms with Gasteiger partial charge in [0, 0.05) is 19.6 Å². The van der Waals surface area contributed by atoms with E-state index in [0.717, 1.165) is 60.0 Å². The Kier molecular flexibility index (Phi) is 4.77. The number of hydrogen-bond acceptors (Lipinski definition) is 7. The summed E-state index contributed by atoms with van der Waals surface area (Å²) in [5, 5.41) is 4.40. The molecule has 0 bridgehead atoms. The van der Waals surface area contributed by atoms with Crippen molar-refractivity contribution in [1.82, 2.24) is 15.3 Å². The molecule has 2 aromatic heterocycles. The molecular formula is C16H22N4O2S. The van der Waals surface area contributed by atoms with Crippen LogP contribution in [-0.2, 0) is 4.74 Å². The van der Waals surface area contributed by atoms with Gasteiger partial charge in [0.25, 0.3) is 0 Å². The van der Waals surface area contributed by atoms with Gasteiger partial charge in [-0.25, -0.2) is 14.8 Å². The van der Waals surface area contributed by atoms with Crippen LogP contribution in [0.3, 0.4) is 0 Å². The van der Waals surface area contributed by atoms with Crippen molar-refractivity contribution < 1.29 is 9.53 Å². The van der Waals surface area contributed by atoms with E-state index in [1.54, 1.807) is 0 Å². The summed E-state index contributed by atoms with van der Waals surface area (Å²) in [6.07, 6.45) is 1.08. The van der Waals surface area contributed by atoms with Gasteiger partial charge < -0.3 is 15.0 Å². The van der Waals surface area contributed by atoms with E-state index in [-0.39, 0.29) is 5.97 Å². The molecule has 0 atom stereocenters. The van der Waals surface area contributed by atoms with Gasteiger partial charge >= 0.3 is 5.97 Å². The highest BCUT2D eigenvalue weighted by molar-refractivity contribution is 7.20. The third-order valence-electron chi connectivity index (χ3n) is 3.98. The Morgan fingerprint density at radius 1 is 1.30 bits per heavy atom. The Balaban J connectivity index is 2.11. The number of fused-ring (bicyclic) bond motifs is 1. The van der Waals surface area contributed by atoms with Crippen LogP contribution in [0.1, 0.15) is 34.4 Å². The van der Waals surface area contributed by atoms with Gasteiger partial charge in [0.15, 0.2) is 0 Å². The Bertz CT molecular complexity index is 720. The molecule has 1 aliphatic heterocycles. The molecule has 1 saturated heterocycles. The van der Waals surface area contributed by atoms with E-state index in [9.17, 15) is 4.79 Å². The third kappa shape index (κ3) is 3.16. The van der Waals surface area contributed by atoms with Crippen molar-refractivity contribution in [1.29, 1.82) is 0 Å². The van der Waals surface area contributed by atoms with Crippen LogP contribution < -0.4 is 10.2 Å². The predicted octanol–water partition coefficient (Wildman–Crippen LogP) is 2.28. The standard InChI is InChI=1S/C16H22N4O2S/c1-4-22-16(21)13-10(2)12-14(18-11(3)19-15(12)23-13)20-8-5-6-17-7-9-20/h17H,4-9H2,1-3H3. The first-order valence-corrected chi connectivity index (χ1v) is 8.84. The highest BCUT2D eigenvalue weighted by atomic mass is 32.1. The van der Waals surface area contributed by atoms with Crippen molar-refractivity contribution in [2.75, 3.05) is 37.7 Å². The molecule has 1 aliphatic rings. The third-order valence-corrected chi connectivity index (χ3v) is 5.15. The second-order valence-electron chi connectivity index (χ2n) is 5.64. The van der Waals surface area contributed by atoms with Crippen LogP contribution in [0, 0.1) is 13.8 Å². The van der Waals surface area contributed by atoms with Crippen LogP contribution in [-0.4, -0.2) is 48.7 Å². The maximum Gasteiger partial charge on any atom is 0.348 e. The second kappa shape index (κ2) is 6.80. The van der Waals surface area contributed by atoms with Gasteiger partial charge in [-0.1, -0.05) is 0 Å². The predicted molar refractivity (Wildman–Crippen MR) is 92.5 cm³/mol. The van der Waals surface area contributed by atoms with Gasteiger partial charge in [0.1, 0.15) is 21.3 Å². The molecule has 6 nitrogen and oxygen atoms in total. The molecule has 0 radical (unpaired) electrons. The van der Waals surface area contributed by atoms with E-state index in [1.807, 2.05) is 20.8 Å². The summed E-state index contributed by atoms with van der Waals surface area (Å²) in [6.45, 7) is 9.90. The first-order valence-electron chi connectivity index (χ1n) is 8.02. The SMILES string of the molecule is CCOC(=O)c1sc2nc(C)nc(N3CCCNCC3)c2c1C. The fourth-order valence-corrected chi connectivity index (χ4v) is 4.01. The molecule has 0 saturated carbocycles. The Morgan fingerprint density at radius 2 is 2.13 bits per heavy atom. The lowest BCUT2D eigenvalue weighted by Gasteiger charge is -2.22. The van der Waals surface area contributed by atoms with E-state index < -0.39 is 0 Å². The summed E-state index contributed by atoms with van der Waals surface area (Å²) in [7, 11) is 0. The van der Waals surface area contributed by atoms with Crippen LogP contribution in [0.25, 0.3) is 10.2 Å². The maximum absolute atomic E-state index is 12.2. The van der Waals surface area contributed by atoms with E-state index in [1.165, 1.54) is 11.3 Å². The van der Waals surface area contributed by atoms with Crippen molar-refractivity contribution in [2.24, 2.45) is 0 Å². The Morgan fingerprint density at radius 3 is 2.91 bits per heavy atom. The molecule has 1 fully saturated rings. The molecule has 3 heterocycles. The minimum atomic E-state index is -0.269. The number of nitrogens with zero attached hydrogens (tertiary/aromatic N) is 3. The van der Waals surface area contributed by atoms with E-state index >= 15 is 0 Å². The topological polar surface area (TPSA) is 67.3 Å². The van der Waals surface area contributed by atoms with Crippen molar-refractivity contribution in [3.8, 4) is 0 Å². The molecule has 7 heteroatoms. The number of rotatable bonds is 3. The number of carbonyl (C=O) groups is 1. The van der Waals surface area contributed by atoms with Gasteiger partial charge in [-0.05, 0) is 39.3 Å². The fourth-order valence-electron chi connectivity index (χ4n) is 2.90. The summed E-state index contributed by atoms with van der Waals surface area (Å²) in [5.41, 5.74) is 0.927. The summed E-state index contributed by atoms with van der Waals surface area (Å²) in [4.78, 5) is 25.2. The Hall–Kier alpha value is -1.73. The number of aromatic nitrogens is 2. The minimum Gasteiger partial charge on any atom is -0.462 e.